The first-order chi connectivity index (χ1) is 21.8. The van der Waals surface area contributed by atoms with Gasteiger partial charge < -0.3 is 9.32 Å². The molecule has 0 amide bonds. The maximum absolute atomic E-state index is 6.14. The van der Waals surface area contributed by atoms with E-state index in [2.05, 4.69) is 132 Å². The molecule has 0 spiro atoms. The summed E-state index contributed by atoms with van der Waals surface area (Å²) >= 11 is 0. The molecule has 0 radical (unpaired) electrons. The third-order valence-electron chi connectivity index (χ3n) is 8.12. The van der Waals surface area contributed by atoms with Gasteiger partial charge in [0.05, 0.1) is 0 Å². The van der Waals surface area contributed by atoms with Crippen molar-refractivity contribution in [2.75, 3.05) is 4.90 Å². The van der Waals surface area contributed by atoms with Crippen LogP contribution in [0.3, 0.4) is 0 Å². The lowest BCUT2D eigenvalue weighted by molar-refractivity contribution is 0.620. The number of anilines is 3. The Kier molecular flexibility index (Phi) is 6.47. The second-order valence-electron chi connectivity index (χ2n) is 10.8. The van der Waals surface area contributed by atoms with Gasteiger partial charge in [-0.3, -0.25) is 0 Å². The maximum atomic E-state index is 6.14. The SMILES string of the molecule is c1ccc(-c2nc3c(-c4ccc(N(c5ccccc5)c5ccc(-c6cccc7ccccc67)cc5)cc4)cccc3o2)cc1. The largest absolute Gasteiger partial charge is 0.436 e. The Morgan fingerprint density at radius 1 is 0.409 bits per heavy atom. The van der Waals surface area contributed by atoms with E-state index in [1.54, 1.807) is 0 Å². The molecule has 0 fully saturated rings. The van der Waals surface area contributed by atoms with Gasteiger partial charge in [0.2, 0.25) is 5.89 Å². The van der Waals surface area contributed by atoms with Crippen molar-refractivity contribution in [3.8, 4) is 33.7 Å². The minimum atomic E-state index is 0.631. The number of nitrogens with zero attached hydrogens (tertiary/aromatic N) is 2. The number of oxazole rings is 1. The van der Waals surface area contributed by atoms with Crippen molar-refractivity contribution >= 4 is 38.9 Å². The predicted octanol–water partition coefficient (Wildman–Crippen LogP) is 11.5. The summed E-state index contributed by atoms with van der Waals surface area (Å²) in [6.07, 6.45) is 0. The van der Waals surface area contributed by atoms with E-state index in [0.29, 0.717) is 5.89 Å². The normalized spacial score (nSPS) is 11.2. The molecular weight excluding hydrogens is 536 g/mol. The first-order valence-corrected chi connectivity index (χ1v) is 14.8. The number of para-hydroxylation sites is 2. The predicted molar refractivity (Wildman–Crippen MR) is 183 cm³/mol. The number of hydrogen-bond donors (Lipinski definition) is 0. The van der Waals surface area contributed by atoms with Crippen molar-refractivity contribution in [3.05, 3.63) is 170 Å². The molecule has 208 valence electrons. The standard InChI is InChI=1S/C41H28N2O/c1-3-12-32(13-4-1)41-42-40-38(19-10-20-39(40)44-41)31-23-27-35(28-24-31)43(33-15-5-2-6-16-33)34-25-21-30(22-26-34)37-18-9-14-29-11-7-8-17-36(29)37/h1-28H. The van der Waals surface area contributed by atoms with Crippen LogP contribution in [0, 0.1) is 0 Å². The summed E-state index contributed by atoms with van der Waals surface area (Å²) in [5.74, 6) is 0.631. The summed E-state index contributed by atoms with van der Waals surface area (Å²) in [6.45, 7) is 0. The quantitative estimate of drug-likeness (QED) is 0.201. The molecule has 7 aromatic carbocycles. The van der Waals surface area contributed by atoms with Gasteiger partial charge in [-0.25, -0.2) is 4.98 Å². The average Bonchev–Trinajstić information content (AvgIpc) is 3.55. The fraction of sp³-hybridized carbons (Fsp3) is 0. The van der Waals surface area contributed by atoms with Gasteiger partial charge in [-0.05, 0) is 82.1 Å². The zero-order valence-electron chi connectivity index (χ0n) is 24.0. The Hall–Kier alpha value is -5.93. The van der Waals surface area contributed by atoms with Crippen LogP contribution in [0.2, 0.25) is 0 Å². The maximum Gasteiger partial charge on any atom is 0.227 e. The van der Waals surface area contributed by atoms with Crippen LogP contribution in [0.25, 0.3) is 55.6 Å². The van der Waals surface area contributed by atoms with Gasteiger partial charge in [0.25, 0.3) is 0 Å². The van der Waals surface area contributed by atoms with Crippen molar-refractivity contribution in [2.45, 2.75) is 0 Å². The van der Waals surface area contributed by atoms with Crippen molar-refractivity contribution in [2.24, 2.45) is 0 Å². The molecule has 0 N–H and O–H groups in total. The van der Waals surface area contributed by atoms with Crippen LogP contribution in [-0.4, -0.2) is 4.98 Å². The zero-order valence-corrected chi connectivity index (χ0v) is 24.0. The van der Waals surface area contributed by atoms with Gasteiger partial charge in [0, 0.05) is 28.2 Å². The monoisotopic (exact) mass is 564 g/mol. The molecule has 0 aliphatic heterocycles. The molecule has 0 unspecified atom stereocenters. The molecule has 0 saturated heterocycles. The lowest BCUT2D eigenvalue weighted by Crippen LogP contribution is -2.09. The van der Waals surface area contributed by atoms with E-state index >= 15 is 0 Å². The van der Waals surface area contributed by atoms with Crippen LogP contribution in [-0.2, 0) is 0 Å². The van der Waals surface area contributed by atoms with Gasteiger partial charge in [-0.1, -0.05) is 115 Å². The Balaban J connectivity index is 1.16. The van der Waals surface area contributed by atoms with Gasteiger partial charge in [0.1, 0.15) is 5.52 Å². The Morgan fingerprint density at radius 3 is 1.68 bits per heavy atom. The molecule has 44 heavy (non-hydrogen) atoms. The van der Waals surface area contributed by atoms with Crippen LogP contribution in [0.4, 0.5) is 17.1 Å². The Bertz CT molecular complexity index is 2200. The highest BCUT2D eigenvalue weighted by atomic mass is 16.3. The topological polar surface area (TPSA) is 29.3 Å². The molecule has 8 rings (SSSR count). The molecule has 0 aliphatic rings. The highest BCUT2D eigenvalue weighted by molar-refractivity contribution is 5.97. The number of aromatic nitrogens is 1. The highest BCUT2D eigenvalue weighted by Crippen LogP contribution is 2.38. The van der Waals surface area contributed by atoms with E-state index in [1.165, 1.54) is 21.9 Å². The number of benzene rings is 7. The molecule has 0 saturated carbocycles. The minimum Gasteiger partial charge on any atom is -0.436 e. The molecular formula is C41H28N2O. The summed E-state index contributed by atoms with van der Waals surface area (Å²) in [7, 11) is 0. The first kappa shape index (κ1) is 25.8. The van der Waals surface area contributed by atoms with Gasteiger partial charge in [0.15, 0.2) is 5.58 Å². The lowest BCUT2D eigenvalue weighted by atomic mass is 9.98. The number of hydrogen-bond acceptors (Lipinski definition) is 3. The number of rotatable bonds is 6. The molecule has 3 heteroatoms. The van der Waals surface area contributed by atoms with Gasteiger partial charge >= 0.3 is 0 Å². The average molecular weight is 565 g/mol. The van der Waals surface area contributed by atoms with Crippen LogP contribution >= 0.6 is 0 Å². The molecule has 1 heterocycles. The van der Waals surface area contributed by atoms with E-state index in [1.807, 2.05) is 42.5 Å². The molecule has 3 nitrogen and oxygen atoms in total. The zero-order chi connectivity index (χ0) is 29.3. The van der Waals surface area contributed by atoms with Crippen molar-refractivity contribution in [3.63, 3.8) is 0 Å². The second kappa shape index (κ2) is 11.0. The third kappa shape index (κ3) is 4.71. The van der Waals surface area contributed by atoms with Crippen molar-refractivity contribution < 1.29 is 4.42 Å². The second-order valence-corrected chi connectivity index (χ2v) is 10.8. The fourth-order valence-corrected chi connectivity index (χ4v) is 5.97. The summed E-state index contributed by atoms with van der Waals surface area (Å²) in [5, 5.41) is 2.51. The van der Waals surface area contributed by atoms with Crippen LogP contribution in [0.1, 0.15) is 0 Å². The fourth-order valence-electron chi connectivity index (χ4n) is 5.97. The Labute approximate surface area is 256 Å². The summed E-state index contributed by atoms with van der Waals surface area (Å²) in [5.41, 5.74) is 10.5. The first-order valence-electron chi connectivity index (χ1n) is 14.8. The van der Waals surface area contributed by atoms with E-state index < -0.39 is 0 Å². The molecule has 1 aromatic heterocycles. The van der Waals surface area contributed by atoms with Gasteiger partial charge in [-0.2, -0.15) is 0 Å². The van der Waals surface area contributed by atoms with Crippen LogP contribution in [0.5, 0.6) is 0 Å². The van der Waals surface area contributed by atoms with E-state index in [4.69, 9.17) is 9.40 Å². The Morgan fingerprint density at radius 2 is 0.955 bits per heavy atom. The minimum absolute atomic E-state index is 0.631. The van der Waals surface area contributed by atoms with E-state index in [0.717, 1.165) is 44.9 Å². The smallest absolute Gasteiger partial charge is 0.227 e. The van der Waals surface area contributed by atoms with Crippen molar-refractivity contribution in [1.82, 2.24) is 4.98 Å². The third-order valence-corrected chi connectivity index (χ3v) is 8.12. The summed E-state index contributed by atoms with van der Waals surface area (Å²) in [6, 6.07) is 59.2. The van der Waals surface area contributed by atoms with Gasteiger partial charge in [-0.15, -0.1) is 0 Å². The number of fused-ring (bicyclic) bond motifs is 2. The molecule has 0 atom stereocenters. The van der Waals surface area contributed by atoms with Crippen LogP contribution < -0.4 is 4.90 Å². The van der Waals surface area contributed by atoms with Crippen molar-refractivity contribution in [1.29, 1.82) is 0 Å². The highest BCUT2D eigenvalue weighted by Gasteiger charge is 2.16. The summed E-state index contributed by atoms with van der Waals surface area (Å²) in [4.78, 5) is 7.18. The summed E-state index contributed by atoms with van der Waals surface area (Å²) < 4.78 is 6.14. The molecule has 0 bridgehead atoms. The molecule has 0 aliphatic carbocycles. The van der Waals surface area contributed by atoms with E-state index in [9.17, 15) is 0 Å². The molecule has 8 aromatic rings. The van der Waals surface area contributed by atoms with Crippen LogP contribution in [0.15, 0.2) is 174 Å². The lowest BCUT2D eigenvalue weighted by Gasteiger charge is -2.26. The van der Waals surface area contributed by atoms with E-state index in [-0.39, 0.29) is 0 Å².